The molecule has 1 saturated heterocycles. The minimum atomic E-state index is -0.427. The van der Waals surface area contributed by atoms with Gasteiger partial charge in [-0.2, -0.15) is 0 Å². The normalized spacial score (nSPS) is 21.3. The number of hydrogen-bond acceptors (Lipinski definition) is 6. The Morgan fingerprint density at radius 2 is 2.00 bits per heavy atom. The molecule has 27 heavy (non-hydrogen) atoms. The Bertz CT molecular complexity index is 854. The summed E-state index contributed by atoms with van der Waals surface area (Å²) in [4.78, 5) is 26.0. The molecule has 2 aromatic rings. The van der Waals surface area contributed by atoms with Crippen LogP contribution in [0, 0.1) is 10.1 Å². The smallest absolute Gasteiger partial charge is 0.270 e. The van der Waals surface area contributed by atoms with Crippen molar-refractivity contribution in [1.82, 2.24) is 10.2 Å². The summed E-state index contributed by atoms with van der Waals surface area (Å²) in [6.45, 7) is 10.5. The van der Waals surface area contributed by atoms with E-state index in [4.69, 9.17) is 4.74 Å². The summed E-state index contributed by atoms with van der Waals surface area (Å²) in [6, 6.07) is 6.37. The summed E-state index contributed by atoms with van der Waals surface area (Å²) < 4.78 is 6.65. The molecule has 0 aliphatic carbocycles. The minimum Gasteiger partial charge on any atom is -0.373 e. The van der Waals surface area contributed by atoms with Crippen LogP contribution in [0.5, 0.6) is 0 Å². The Morgan fingerprint density at radius 3 is 2.63 bits per heavy atom. The van der Waals surface area contributed by atoms with E-state index in [0.29, 0.717) is 11.4 Å². The molecule has 0 bridgehead atoms. The molecule has 2 heterocycles. The highest BCUT2D eigenvalue weighted by Gasteiger charge is 2.33. The zero-order valence-electron chi connectivity index (χ0n) is 16.0. The van der Waals surface area contributed by atoms with Gasteiger partial charge in [-0.05, 0) is 39.8 Å². The number of nitrogens with zero attached hydrogens (tertiary/aromatic N) is 2. The van der Waals surface area contributed by atoms with Gasteiger partial charge in [-0.25, -0.2) is 0 Å². The maximum Gasteiger partial charge on any atom is 0.270 e. The molecule has 0 saturated carbocycles. The topological polar surface area (TPSA) is 84.7 Å². The number of nitro benzene ring substituents is 1. The van der Waals surface area contributed by atoms with Crippen LogP contribution in [0.4, 0.5) is 5.69 Å². The third-order valence-corrected chi connectivity index (χ3v) is 6.01. The Balaban J connectivity index is 1.68. The fraction of sp³-hybridized carbons (Fsp3) is 0.526. The number of ether oxygens (including phenoxy) is 1. The molecule has 0 spiro atoms. The maximum absolute atomic E-state index is 12.6. The fourth-order valence-corrected chi connectivity index (χ4v) is 4.38. The van der Waals surface area contributed by atoms with Gasteiger partial charge in [0.05, 0.1) is 22.0 Å². The largest absolute Gasteiger partial charge is 0.373 e. The molecule has 146 valence electrons. The Kier molecular flexibility index (Phi) is 5.50. The molecule has 2 unspecified atom stereocenters. The molecule has 2 atom stereocenters. The van der Waals surface area contributed by atoms with Crippen LogP contribution in [0.1, 0.15) is 37.4 Å². The van der Waals surface area contributed by atoms with Crippen LogP contribution in [-0.4, -0.2) is 53.1 Å². The van der Waals surface area contributed by atoms with Crippen LogP contribution < -0.4 is 5.32 Å². The molecule has 7 nitrogen and oxygen atoms in total. The number of carbonyl (C=O) groups is 1. The Morgan fingerprint density at radius 1 is 1.33 bits per heavy atom. The first kappa shape index (κ1) is 19.7. The zero-order chi connectivity index (χ0) is 19.8. The number of carbonyl (C=O) groups excluding carboxylic acids is 1. The highest BCUT2D eigenvalue weighted by Crippen LogP contribution is 2.29. The van der Waals surface area contributed by atoms with Gasteiger partial charge in [-0.3, -0.25) is 19.8 Å². The van der Waals surface area contributed by atoms with E-state index in [0.717, 1.165) is 23.2 Å². The van der Waals surface area contributed by atoms with Crippen molar-refractivity contribution in [2.75, 3.05) is 19.6 Å². The second-order valence-corrected chi connectivity index (χ2v) is 8.83. The second-order valence-electron chi connectivity index (χ2n) is 7.75. The predicted molar refractivity (Wildman–Crippen MR) is 106 cm³/mol. The average Bonchev–Trinajstić information content (AvgIpc) is 3.02. The van der Waals surface area contributed by atoms with Crippen molar-refractivity contribution in [3.05, 3.63) is 39.3 Å². The number of morpholine rings is 1. The first-order valence-electron chi connectivity index (χ1n) is 9.02. The maximum atomic E-state index is 12.6. The lowest BCUT2D eigenvalue weighted by atomic mass is 10.00. The molecule has 1 aromatic carbocycles. The summed E-state index contributed by atoms with van der Waals surface area (Å²) in [5.41, 5.74) is -0.166. The van der Waals surface area contributed by atoms with E-state index in [9.17, 15) is 14.9 Å². The standard InChI is InChI=1S/C19H25N3O4S/c1-12-9-21(10-13(2)26-12)19(3,4)11-20-18(23)17-8-14-7-15(22(24)25)5-6-16(14)27-17/h5-8,12-13H,9-11H2,1-4H3,(H,20,23). The van der Waals surface area contributed by atoms with Crippen LogP contribution in [0.15, 0.2) is 24.3 Å². The summed E-state index contributed by atoms with van der Waals surface area (Å²) >= 11 is 1.34. The first-order valence-corrected chi connectivity index (χ1v) is 9.84. The average molecular weight is 391 g/mol. The quantitative estimate of drug-likeness (QED) is 0.623. The van der Waals surface area contributed by atoms with Gasteiger partial charge < -0.3 is 10.1 Å². The number of fused-ring (bicyclic) bond motifs is 1. The van der Waals surface area contributed by atoms with E-state index in [1.807, 2.05) is 0 Å². The van der Waals surface area contributed by atoms with E-state index < -0.39 is 4.92 Å². The molecule has 3 rings (SSSR count). The van der Waals surface area contributed by atoms with Crippen LogP contribution in [-0.2, 0) is 4.74 Å². The van der Waals surface area contributed by atoms with Crippen LogP contribution in [0.25, 0.3) is 10.1 Å². The molecule has 1 aliphatic rings. The van der Waals surface area contributed by atoms with Crippen LogP contribution in [0.2, 0.25) is 0 Å². The molecular weight excluding hydrogens is 366 g/mol. The summed E-state index contributed by atoms with van der Waals surface area (Å²) in [7, 11) is 0. The number of amides is 1. The molecule has 1 aromatic heterocycles. The number of nitrogens with one attached hydrogen (secondary N) is 1. The molecule has 1 fully saturated rings. The predicted octanol–water partition coefficient (Wildman–Crippen LogP) is 3.43. The summed E-state index contributed by atoms with van der Waals surface area (Å²) in [5, 5.41) is 14.6. The van der Waals surface area contributed by atoms with Crippen molar-refractivity contribution in [2.24, 2.45) is 0 Å². The first-order chi connectivity index (χ1) is 12.7. The molecule has 1 amide bonds. The van der Waals surface area contributed by atoms with Gasteiger partial charge in [0.15, 0.2) is 0 Å². The third kappa shape index (κ3) is 4.45. The number of benzene rings is 1. The number of rotatable bonds is 5. The fourth-order valence-electron chi connectivity index (χ4n) is 3.42. The van der Waals surface area contributed by atoms with E-state index >= 15 is 0 Å². The van der Waals surface area contributed by atoms with Gasteiger partial charge in [0.2, 0.25) is 0 Å². The van der Waals surface area contributed by atoms with Gasteiger partial charge in [0.25, 0.3) is 11.6 Å². The Hall–Kier alpha value is -2.03. The molecule has 0 radical (unpaired) electrons. The monoisotopic (exact) mass is 391 g/mol. The SMILES string of the molecule is CC1CN(C(C)(C)CNC(=O)c2cc3cc([N+](=O)[O-])ccc3s2)CC(C)O1. The van der Waals surface area contributed by atoms with Gasteiger partial charge in [0, 0.05) is 47.4 Å². The molecule has 1 aliphatic heterocycles. The number of hydrogen-bond donors (Lipinski definition) is 1. The van der Waals surface area contributed by atoms with Gasteiger partial charge in [-0.1, -0.05) is 0 Å². The Labute approximate surface area is 162 Å². The highest BCUT2D eigenvalue weighted by atomic mass is 32.1. The van der Waals surface area contributed by atoms with E-state index in [1.54, 1.807) is 12.1 Å². The van der Waals surface area contributed by atoms with Crippen molar-refractivity contribution < 1.29 is 14.5 Å². The van der Waals surface area contributed by atoms with Crippen LogP contribution >= 0.6 is 11.3 Å². The van der Waals surface area contributed by atoms with Crippen molar-refractivity contribution in [1.29, 1.82) is 0 Å². The number of thiophene rings is 1. The van der Waals surface area contributed by atoms with E-state index in [-0.39, 0.29) is 29.3 Å². The van der Waals surface area contributed by atoms with Crippen molar-refractivity contribution in [2.45, 2.75) is 45.4 Å². The lowest BCUT2D eigenvalue weighted by Gasteiger charge is -2.45. The summed E-state index contributed by atoms with van der Waals surface area (Å²) in [5.74, 6) is -0.152. The zero-order valence-corrected chi connectivity index (χ0v) is 16.8. The highest BCUT2D eigenvalue weighted by molar-refractivity contribution is 7.20. The lowest BCUT2D eigenvalue weighted by molar-refractivity contribution is -0.384. The molecular formula is C19H25N3O4S. The molecule has 8 heteroatoms. The number of nitro groups is 1. The second kappa shape index (κ2) is 7.53. The van der Waals surface area contributed by atoms with E-state index in [2.05, 4.69) is 37.9 Å². The lowest BCUT2D eigenvalue weighted by Crippen LogP contribution is -2.58. The van der Waals surface area contributed by atoms with Gasteiger partial charge >= 0.3 is 0 Å². The van der Waals surface area contributed by atoms with Crippen LogP contribution in [0.3, 0.4) is 0 Å². The van der Waals surface area contributed by atoms with Crippen molar-refractivity contribution >= 4 is 33.0 Å². The van der Waals surface area contributed by atoms with Gasteiger partial charge in [-0.15, -0.1) is 11.3 Å². The minimum absolute atomic E-state index is 0.0314. The van der Waals surface area contributed by atoms with Gasteiger partial charge in [0.1, 0.15) is 0 Å². The number of non-ortho nitro benzene ring substituents is 1. The van der Waals surface area contributed by atoms with E-state index in [1.165, 1.54) is 23.5 Å². The van der Waals surface area contributed by atoms with Crippen molar-refractivity contribution in [3.8, 4) is 0 Å². The van der Waals surface area contributed by atoms with Crippen molar-refractivity contribution in [3.63, 3.8) is 0 Å². The third-order valence-electron chi connectivity index (χ3n) is 4.89. The summed E-state index contributed by atoms with van der Waals surface area (Å²) in [6.07, 6.45) is 0.337. The molecule has 1 N–H and O–H groups in total.